The van der Waals surface area contributed by atoms with Crippen molar-refractivity contribution < 1.29 is 14.8 Å². The summed E-state index contributed by atoms with van der Waals surface area (Å²) in [6.07, 6.45) is 0.627. The Morgan fingerprint density at radius 1 is 1.24 bits per heavy atom. The van der Waals surface area contributed by atoms with Crippen molar-refractivity contribution in [3.63, 3.8) is 0 Å². The molecule has 0 unspecified atom stereocenters. The number of carbonyl (C=O) groups is 1. The SMILES string of the molecule is CC(C)[NH+]1CCC(=NNC(=O)[C@@H](O)c2ccccc2)CC1. The molecule has 1 saturated heterocycles. The molecule has 114 valence electrons. The van der Waals surface area contributed by atoms with Crippen LogP contribution >= 0.6 is 0 Å². The highest BCUT2D eigenvalue weighted by Gasteiger charge is 2.21. The van der Waals surface area contributed by atoms with Crippen molar-refractivity contribution in [2.75, 3.05) is 13.1 Å². The van der Waals surface area contributed by atoms with E-state index in [2.05, 4.69) is 24.4 Å². The summed E-state index contributed by atoms with van der Waals surface area (Å²) in [6.45, 7) is 6.53. The van der Waals surface area contributed by atoms with Gasteiger partial charge in [-0.2, -0.15) is 5.10 Å². The first-order valence-electron chi connectivity index (χ1n) is 7.51. The second-order valence-corrected chi connectivity index (χ2v) is 5.78. The Morgan fingerprint density at radius 3 is 2.43 bits per heavy atom. The molecule has 3 N–H and O–H groups in total. The van der Waals surface area contributed by atoms with E-state index in [1.165, 1.54) is 0 Å². The van der Waals surface area contributed by atoms with Crippen molar-refractivity contribution in [1.82, 2.24) is 5.43 Å². The van der Waals surface area contributed by atoms with E-state index in [1.54, 1.807) is 29.2 Å². The summed E-state index contributed by atoms with van der Waals surface area (Å²) in [5.74, 6) is -0.479. The van der Waals surface area contributed by atoms with Crippen molar-refractivity contribution in [3.8, 4) is 0 Å². The molecule has 1 aliphatic heterocycles. The molecule has 1 aliphatic rings. The van der Waals surface area contributed by atoms with E-state index < -0.39 is 12.0 Å². The lowest BCUT2D eigenvalue weighted by Gasteiger charge is -2.27. The number of piperidine rings is 1. The first-order chi connectivity index (χ1) is 10.1. The van der Waals surface area contributed by atoms with E-state index in [4.69, 9.17) is 0 Å². The van der Waals surface area contributed by atoms with Crippen molar-refractivity contribution >= 4 is 11.6 Å². The monoisotopic (exact) mass is 290 g/mol. The minimum atomic E-state index is -1.17. The Hall–Kier alpha value is -1.72. The number of likely N-dealkylation sites (tertiary alicyclic amines) is 1. The first-order valence-corrected chi connectivity index (χ1v) is 7.51. The number of nitrogens with one attached hydrogen (secondary N) is 2. The molecule has 0 spiro atoms. The van der Waals surface area contributed by atoms with Crippen molar-refractivity contribution in [2.45, 2.75) is 38.8 Å². The number of rotatable bonds is 4. The quantitative estimate of drug-likeness (QED) is 0.697. The number of amides is 1. The van der Waals surface area contributed by atoms with Crippen LogP contribution in [0, 0.1) is 0 Å². The second kappa shape index (κ2) is 7.33. The molecule has 1 aromatic rings. The van der Waals surface area contributed by atoms with E-state index in [0.29, 0.717) is 11.6 Å². The molecule has 0 radical (unpaired) electrons. The lowest BCUT2D eigenvalue weighted by atomic mass is 10.1. The Balaban J connectivity index is 1.85. The lowest BCUT2D eigenvalue weighted by Crippen LogP contribution is -3.16. The third-order valence-corrected chi connectivity index (χ3v) is 3.97. The van der Waals surface area contributed by atoms with E-state index in [-0.39, 0.29) is 0 Å². The van der Waals surface area contributed by atoms with Gasteiger partial charge < -0.3 is 10.0 Å². The summed E-state index contributed by atoms with van der Waals surface area (Å²) in [6, 6.07) is 9.51. The van der Waals surface area contributed by atoms with Gasteiger partial charge in [0, 0.05) is 18.6 Å². The molecule has 1 heterocycles. The maximum atomic E-state index is 11.9. The van der Waals surface area contributed by atoms with Crippen molar-refractivity contribution in [2.24, 2.45) is 5.10 Å². The fraction of sp³-hybridized carbons (Fsp3) is 0.500. The first kappa shape index (κ1) is 15.7. The minimum Gasteiger partial charge on any atom is -0.378 e. The van der Waals surface area contributed by atoms with Crippen LogP contribution in [0.3, 0.4) is 0 Å². The molecule has 1 amide bonds. The molecule has 5 nitrogen and oxygen atoms in total. The zero-order valence-electron chi connectivity index (χ0n) is 12.7. The molecule has 21 heavy (non-hydrogen) atoms. The second-order valence-electron chi connectivity index (χ2n) is 5.78. The van der Waals surface area contributed by atoms with Crippen LogP contribution in [0.2, 0.25) is 0 Å². The topological polar surface area (TPSA) is 66.1 Å². The van der Waals surface area contributed by atoms with Crippen LogP contribution < -0.4 is 10.3 Å². The molecule has 0 aromatic heterocycles. The predicted molar refractivity (Wildman–Crippen MR) is 82.0 cm³/mol. The predicted octanol–water partition coefficient (Wildman–Crippen LogP) is 0.279. The van der Waals surface area contributed by atoms with Crippen LogP contribution in [0.5, 0.6) is 0 Å². The van der Waals surface area contributed by atoms with E-state index in [1.807, 2.05) is 6.07 Å². The number of hydrazone groups is 1. The number of benzene rings is 1. The summed E-state index contributed by atoms with van der Waals surface area (Å²) in [4.78, 5) is 13.5. The largest absolute Gasteiger partial charge is 0.378 e. The Kier molecular flexibility index (Phi) is 5.47. The number of quaternary nitrogens is 1. The van der Waals surface area contributed by atoms with Gasteiger partial charge in [0.05, 0.1) is 19.1 Å². The van der Waals surface area contributed by atoms with Gasteiger partial charge in [-0.25, -0.2) is 5.43 Å². The molecule has 5 heteroatoms. The maximum Gasteiger partial charge on any atom is 0.273 e. The fourth-order valence-electron chi connectivity index (χ4n) is 2.53. The number of nitrogens with zero attached hydrogens (tertiary/aromatic N) is 1. The Labute approximate surface area is 125 Å². The highest BCUT2D eigenvalue weighted by molar-refractivity contribution is 5.88. The van der Waals surface area contributed by atoms with Crippen molar-refractivity contribution in [3.05, 3.63) is 35.9 Å². The van der Waals surface area contributed by atoms with Gasteiger partial charge in [0.1, 0.15) is 0 Å². The number of hydrogen-bond acceptors (Lipinski definition) is 3. The van der Waals surface area contributed by atoms with E-state index in [0.717, 1.165) is 31.6 Å². The average Bonchev–Trinajstić information content (AvgIpc) is 2.53. The Morgan fingerprint density at radius 2 is 1.86 bits per heavy atom. The smallest absolute Gasteiger partial charge is 0.273 e. The molecular formula is C16H24N3O2+. The van der Waals surface area contributed by atoms with Gasteiger partial charge in [0.15, 0.2) is 6.10 Å². The van der Waals surface area contributed by atoms with Gasteiger partial charge in [-0.15, -0.1) is 0 Å². The van der Waals surface area contributed by atoms with Crippen molar-refractivity contribution in [1.29, 1.82) is 0 Å². The molecule has 1 aromatic carbocycles. The average molecular weight is 290 g/mol. The van der Waals surface area contributed by atoms with Gasteiger partial charge in [0.25, 0.3) is 5.91 Å². The molecule has 0 aliphatic carbocycles. The van der Waals surface area contributed by atoms with Gasteiger partial charge in [-0.05, 0) is 19.4 Å². The van der Waals surface area contributed by atoms with Gasteiger partial charge in [-0.1, -0.05) is 30.3 Å². The molecule has 2 rings (SSSR count). The van der Waals surface area contributed by atoms with E-state index >= 15 is 0 Å². The zero-order chi connectivity index (χ0) is 15.2. The summed E-state index contributed by atoms with van der Waals surface area (Å²) >= 11 is 0. The summed E-state index contributed by atoms with van der Waals surface area (Å²) < 4.78 is 0. The molecule has 1 fully saturated rings. The van der Waals surface area contributed by atoms with Crippen LogP contribution in [0.4, 0.5) is 0 Å². The van der Waals surface area contributed by atoms with Crippen LogP contribution in [-0.2, 0) is 4.79 Å². The third kappa shape index (κ3) is 4.37. The Bertz CT molecular complexity index is 490. The fourth-order valence-corrected chi connectivity index (χ4v) is 2.53. The van der Waals surface area contributed by atoms with E-state index in [9.17, 15) is 9.90 Å². The molecule has 0 bridgehead atoms. The number of hydrogen-bond donors (Lipinski definition) is 3. The lowest BCUT2D eigenvalue weighted by molar-refractivity contribution is -0.922. The minimum absolute atomic E-state index is 0.479. The molecule has 0 saturated carbocycles. The summed E-state index contributed by atoms with van der Waals surface area (Å²) in [5, 5.41) is 14.1. The summed E-state index contributed by atoms with van der Waals surface area (Å²) in [7, 11) is 0. The molecular weight excluding hydrogens is 266 g/mol. The maximum absolute atomic E-state index is 11.9. The number of aliphatic hydroxyl groups is 1. The normalized spacial score (nSPS) is 20.2. The van der Waals surface area contributed by atoms with Crippen LogP contribution in [0.15, 0.2) is 35.4 Å². The standard InChI is InChI=1S/C16H23N3O2/c1-12(2)19-10-8-14(9-11-19)17-18-16(21)15(20)13-6-4-3-5-7-13/h3-7,12,15,20H,8-11H2,1-2H3,(H,18,21)/p+1/t15-/m0/s1. The number of aliphatic hydroxyl groups excluding tert-OH is 1. The number of carbonyl (C=O) groups excluding carboxylic acids is 1. The highest BCUT2D eigenvalue weighted by atomic mass is 16.3. The van der Waals surface area contributed by atoms with Gasteiger partial charge >= 0.3 is 0 Å². The van der Waals surface area contributed by atoms with Gasteiger partial charge in [0.2, 0.25) is 0 Å². The van der Waals surface area contributed by atoms with Gasteiger partial charge in [-0.3, -0.25) is 4.79 Å². The van der Waals surface area contributed by atoms with Crippen LogP contribution in [-0.4, -0.2) is 35.9 Å². The third-order valence-electron chi connectivity index (χ3n) is 3.97. The molecule has 1 atom stereocenters. The highest BCUT2D eigenvalue weighted by Crippen LogP contribution is 2.11. The summed E-state index contributed by atoms with van der Waals surface area (Å²) in [5.41, 5.74) is 4.07. The van der Waals surface area contributed by atoms with Crippen LogP contribution in [0.1, 0.15) is 38.4 Å². The van der Waals surface area contributed by atoms with Crippen LogP contribution in [0.25, 0.3) is 0 Å². The zero-order valence-corrected chi connectivity index (χ0v) is 12.7.